The highest BCUT2D eigenvalue weighted by molar-refractivity contribution is 6.03. The summed E-state index contributed by atoms with van der Waals surface area (Å²) in [5.41, 5.74) is 0.595. The molecule has 2 unspecified atom stereocenters. The van der Waals surface area contributed by atoms with Gasteiger partial charge in [0, 0.05) is 5.56 Å². The number of hydrogen-bond acceptors (Lipinski definition) is 4. The molecule has 5 nitrogen and oxygen atoms in total. The van der Waals surface area contributed by atoms with Crippen LogP contribution in [0.1, 0.15) is 43.6 Å². The zero-order valence-electron chi connectivity index (χ0n) is 13.1. The summed E-state index contributed by atoms with van der Waals surface area (Å²) in [6.07, 6.45) is -1.75. The van der Waals surface area contributed by atoms with E-state index in [0.29, 0.717) is 5.56 Å². The molecule has 0 aliphatic carbocycles. The van der Waals surface area contributed by atoms with E-state index in [1.807, 2.05) is 6.07 Å². The first-order chi connectivity index (χ1) is 9.61. The van der Waals surface area contributed by atoms with Gasteiger partial charge in [0.2, 0.25) is 0 Å². The van der Waals surface area contributed by atoms with Crippen molar-refractivity contribution in [1.29, 1.82) is 0 Å². The quantitative estimate of drug-likeness (QED) is 0.836. The number of nitrogens with one attached hydrogen (secondary N) is 1. The number of carbonyl (C=O) groups excluding carboxylic acids is 2. The van der Waals surface area contributed by atoms with Gasteiger partial charge in [-0.3, -0.25) is 4.79 Å². The Labute approximate surface area is 125 Å². The second kappa shape index (κ2) is 6.72. The van der Waals surface area contributed by atoms with Crippen LogP contribution in [-0.2, 0) is 4.74 Å². The number of Topliss-reactive ketones (excluding diaryl/α,β-unsaturated/α-hetero) is 1. The molecule has 0 heterocycles. The topological polar surface area (TPSA) is 75.6 Å². The van der Waals surface area contributed by atoms with Crippen LogP contribution in [0.5, 0.6) is 0 Å². The van der Waals surface area contributed by atoms with Crippen LogP contribution in [-0.4, -0.2) is 34.7 Å². The normalized spacial score (nSPS) is 14.2. The summed E-state index contributed by atoms with van der Waals surface area (Å²) >= 11 is 0. The molecular formula is C16H23NO4. The molecule has 0 saturated heterocycles. The summed E-state index contributed by atoms with van der Waals surface area (Å²) in [4.78, 5) is 24.3. The molecule has 0 aliphatic rings. The van der Waals surface area contributed by atoms with Gasteiger partial charge in [0.05, 0.1) is 6.10 Å². The van der Waals surface area contributed by atoms with Crippen molar-refractivity contribution in [1.82, 2.24) is 5.32 Å². The number of benzene rings is 1. The standard InChI is InChI=1S/C16H23NO4/c1-10-8-6-7-9-12(10)14(19)13(11(2)18)17-15(20)21-16(3,4)5/h6-9,11,13,18H,1-5H3,(H,17,20). The van der Waals surface area contributed by atoms with Crippen LogP contribution < -0.4 is 5.32 Å². The van der Waals surface area contributed by atoms with E-state index in [-0.39, 0.29) is 5.78 Å². The minimum atomic E-state index is -1.04. The number of aliphatic hydroxyl groups excluding tert-OH is 1. The van der Waals surface area contributed by atoms with Gasteiger partial charge < -0.3 is 15.2 Å². The number of rotatable bonds is 4. The van der Waals surface area contributed by atoms with Crippen molar-refractivity contribution in [2.75, 3.05) is 0 Å². The fourth-order valence-corrected chi connectivity index (χ4v) is 1.86. The highest BCUT2D eigenvalue weighted by atomic mass is 16.6. The molecule has 2 atom stereocenters. The molecular weight excluding hydrogens is 270 g/mol. The third-order valence-electron chi connectivity index (χ3n) is 2.85. The second-order valence-electron chi connectivity index (χ2n) is 6.04. The fraction of sp³-hybridized carbons (Fsp3) is 0.500. The highest BCUT2D eigenvalue weighted by Crippen LogP contribution is 2.13. The molecule has 0 aromatic heterocycles. The molecule has 5 heteroatoms. The Balaban J connectivity index is 2.90. The van der Waals surface area contributed by atoms with Crippen LogP contribution in [0.3, 0.4) is 0 Å². The summed E-state index contributed by atoms with van der Waals surface area (Å²) in [6, 6.07) is 6.00. The van der Waals surface area contributed by atoms with E-state index in [1.165, 1.54) is 6.92 Å². The molecule has 0 bridgehead atoms. The summed E-state index contributed by atoms with van der Waals surface area (Å²) in [7, 11) is 0. The Bertz CT molecular complexity index is 517. The average Bonchev–Trinajstić information content (AvgIpc) is 2.33. The van der Waals surface area contributed by atoms with Gasteiger partial charge >= 0.3 is 6.09 Å². The molecule has 0 spiro atoms. The first-order valence-corrected chi connectivity index (χ1v) is 6.89. The molecule has 0 radical (unpaired) electrons. The monoisotopic (exact) mass is 293 g/mol. The Kier molecular flexibility index (Phi) is 5.49. The van der Waals surface area contributed by atoms with Crippen LogP contribution in [0.2, 0.25) is 0 Å². The molecule has 0 fully saturated rings. The number of ether oxygens (including phenoxy) is 1. The van der Waals surface area contributed by atoms with Gasteiger partial charge in [-0.1, -0.05) is 24.3 Å². The van der Waals surface area contributed by atoms with Gasteiger partial charge in [0.1, 0.15) is 11.6 Å². The lowest BCUT2D eigenvalue weighted by molar-refractivity contribution is 0.0418. The van der Waals surface area contributed by atoms with Gasteiger partial charge in [0.25, 0.3) is 0 Å². The Morgan fingerprint density at radius 2 is 1.81 bits per heavy atom. The maximum Gasteiger partial charge on any atom is 0.408 e. The zero-order valence-corrected chi connectivity index (χ0v) is 13.1. The molecule has 2 N–H and O–H groups in total. The summed E-state index contributed by atoms with van der Waals surface area (Å²) in [5.74, 6) is -0.339. The van der Waals surface area contributed by atoms with E-state index in [4.69, 9.17) is 4.74 Å². The minimum absolute atomic E-state index is 0.339. The van der Waals surface area contributed by atoms with E-state index in [9.17, 15) is 14.7 Å². The Morgan fingerprint density at radius 3 is 2.29 bits per heavy atom. The van der Waals surface area contributed by atoms with Crippen LogP contribution in [0.25, 0.3) is 0 Å². The van der Waals surface area contributed by atoms with Crippen molar-refractivity contribution in [2.24, 2.45) is 0 Å². The van der Waals surface area contributed by atoms with Gasteiger partial charge in [-0.15, -0.1) is 0 Å². The van der Waals surface area contributed by atoms with E-state index < -0.39 is 23.8 Å². The van der Waals surface area contributed by atoms with Crippen LogP contribution in [0, 0.1) is 6.92 Å². The fourth-order valence-electron chi connectivity index (χ4n) is 1.86. The molecule has 1 aromatic carbocycles. The number of aryl methyl sites for hydroxylation is 1. The number of carbonyl (C=O) groups is 2. The molecule has 0 aliphatic heterocycles. The maximum atomic E-state index is 12.5. The predicted octanol–water partition coefficient (Wildman–Crippen LogP) is 2.45. The van der Waals surface area contributed by atoms with E-state index in [1.54, 1.807) is 45.9 Å². The third-order valence-corrected chi connectivity index (χ3v) is 2.85. The number of alkyl carbamates (subject to hydrolysis) is 1. The van der Waals surface area contributed by atoms with Gasteiger partial charge in [-0.25, -0.2) is 4.79 Å². The average molecular weight is 293 g/mol. The lowest BCUT2D eigenvalue weighted by atomic mass is 9.97. The van der Waals surface area contributed by atoms with Crippen molar-refractivity contribution >= 4 is 11.9 Å². The van der Waals surface area contributed by atoms with Gasteiger partial charge in [0.15, 0.2) is 5.78 Å². The molecule has 1 rings (SSSR count). The molecule has 0 saturated carbocycles. The van der Waals surface area contributed by atoms with Gasteiger partial charge in [-0.2, -0.15) is 0 Å². The molecule has 1 amide bonds. The second-order valence-corrected chi connectivity index (χ2v) is 6.04. The van der Waals surface area contributed by atoms with E-state index in [2.05, 4.69) is 5.32 Å². The first-order valence-electron chi connectivity index (χ1n) is 6.89. The lowest BCUT2D eigenvalue weighted by Crippen LogP contribution is -2.49. The maximum absolute atomic E-state index is 12.5. The highest BCUT2D eigenvalue weighted by Gasteiger charge is 2.29. The number of hydrogen-bond donors (Lipinski definition) is 2. The summed E-state index contributed by atoms with van der Waals surface area (Å²) < 4.78 is 5.12. The van der Waals surface area contributed by atoms with Crippen molar-refractivity contribution in [3.05, 3.63) is 35.4 Å². The first kappa shape index (κ1) is 17.2. The van der Waals surface area contributed by atoms with E-state index in [0.717, 1.165) is 5.56 Å². The smallest absolute Gasteiger partial charge is 0.408 e. The summed E-state index contributed by atoms with van der Waals surface area (Å²) in [5, 5.41) is 12.2. The molecule has 1 aromatic rings. The number of aliphatic hydroxyl groups is 1. The van der Waals surface area contributed by atoms with Crippen LogP contribution in [0.15, 0.2) is 24.3 Å². The van der Waals surface area contributed by atoms with Crippen molar-refractivity contribution in [2.45, 2.75) is 52.4 Å². The van der Waals surface area contributed by atoms with Crippen LogP contribution in [0.4, 0.5) is 4.79 Å². The van der Waals surface area contributed by atoms with E-state index >= 15 is 0 Å². The van der Waals surface area contributed by atoms with Crippen LogP contribution >= 0.6 is 0 Å². The van der Waals surface area contributed by atoms with Gasteiger partial charge in [-0.05, 0) is 40.2 Å². The minimum Gasteiger partial charge on any atom is -0.444 e. The number of ketones is 1. The molecule has 21 heavy (non-hydrogen) atoms. The Morgan fingerprint density at radius 1 is 1.24 bits per heavy atom. The van der Waals surface area contributed by atoms with Crippen molar-refractivity contribution in [3.63, 3.8) is 0 Å². The lowest BCUT2D eigenvalue weighted by Gasteiger charge is -2.24. The zero-order chi connectivity index (χ0) is 16.2. The summed E-state index contributed by atoms with van der Waals surface area (Å²) in [6.45, 7) is 8.45. The SMILES string of the molecule is Cc1ccccc1C(=O)C(NC(=O)OC(C)(C)C)C(C)O. The van der Waals surface area contributed by atoms with Crippen molar-refractivity contribution < 1.29 is 19.4 Å². The van der Waals surface area contributed by atoms with Crippen molar-refractivity contribution in [3.8, 4) is 0 Å². The third kappa shape index (κ3) is 5.19. The number of amides is 1. The Hall–Kier alpha value is -1.88. The largest absolute Gasteiger partial charge is 0.444 e. The predicted molar refractivity (Wildman–Crippen MR) is 80.3 cm³/mol. The molecule has 116 valence electrons.